The zero-order valence-corrected chi connectivity index (χ0v) is 21.6. The van der Waals surface area contributed by atoms with E-state index in [-0.39, 0.29) is 11.3 Å². The van der Waals surface area contributed by atoms with Gasteiger partial charge in [-0.05, 0) is 49.9 Å². The number of hydrogen-bond donors (Lipinski definition) is 3. The third-order valence-corrected chi connectivity index (χ3v) is 8.35. The van der Waals surface area contributed by atoms with Crippen molar-refractivity contribution in [1.82, 2.24) is 0 Å². The fourth-order valence-electron chi connectivity index (χ4n) is 5.85. The Morgan fingerprint density at radius 3 is 2.06 bits per heavy atom. The Hall–Kier alpha value is -1.20. The van der Waals surface area contributed by atoms with E-state index in [0.29, 0.717) is 18.1 Å². The molecule has 0 aromatic heterocycles. The van der Waals surface area contributed by atoms with Crippen LogP contribution in [0.4, 0.5) is 0 Å². The van der Waals surface area contributed by atoms with Gasteiger partial charge < -0.3 is 15.3 Å². The Kier molecular flexibility index (Phi) is 11.1. The molecule has 5 atom stereocenters. The maximum Gasteiger partial charge on any atom is 0.331 e. The van der Waals surface area contributed by atoms with Gasteiger partial charge in [-0.1, -0.05) is 97.1 Å². The van der Waals surface area contributed by atoms with Crippen molar-refractivity contribution in [3.05, 3.63) is 12.2 Å². The first-order chi connectivity index (χ1) is 15.6. The number of carboxylic acids is 1. The van der Waals surface area contributed by atoms with Gasteiger partial charge in [0.2, 0.25) is 0 Å². The highest BCUT2D eigenvalue weighted by molar-refractivity contribution is 5.96. The van der Waals surface area contributed by atoms with Gasteiger partial charge in [0.05, 0.1) is 0 Å². The Labute approximate surface area is 201 Å². The van der Waals surface area contributed by atoms with Crippen molar-refractivity contribution in [2.24, 2.45) is 22.2 Å². The molecule has 0 aromatic carbocycles. The van der Waals surface area contributed by atoms with E-state index < -0.39 is 23.7 Å². The van der Waals surface area contributed by atoms with Crippen LogP contribution in [0.3, 0.4) is 0 Å². The number of nitrogens with zero attached hydrogens (tertiary/aromatic N) is 1. The number of aliphatic carboxylic acids is 1. The van der Waals surface area contributed by atoms with Gasteiger partial charge in [-0.3, -0.25) is 4.99 Å². The normalized spacial score (nSPS) is 29.2. The van der Waals surface area contributed by atoms with Crippen LogP contribution in [-0.2, 0) is 4.79 Å². The highest BCUT2D eigenvalue weighted by Crippen LogP contribution is 2.61. The van der Waals surface area contributed by atoms with Gasteiger partial charge in [0.25, 0.3) is 0 Å². The topological polar surface area (TPSA) is 90.1 Å². The first-order valence-electron chi connectivity index (χ1n) is 13.5. The molecule has 5 heteroatoms. The van der Waals surface area contributed by atoms with Gasteiger partial charge >= 0.3 is 5.97 Å². The average molecular weight is 464 g/mol. The van der Waals surface area contributed by atoms with Gasteiger partial charge in [-0.15, -0.1) is 0 Å². The Balaban J connectivity index is 1.69. The number of allylic oxidation sites excluding steroid dienone is 1. The molecule has 3 fully saturated rings. The second-order valence-electron chi connectivity index (χ2n) is 11.3. The lowest BCUT2D eigenvalue weighted by atomic mass is 9.44. The minimum absolute atomic E-state index is 0.0500. The average Bonchev–Trinajstić information content (AvgIpc) is 2.74. The van der Waals surface area contributed by atoms with E-state index in [4.69, 9.17) is 0 Å². The van der Waals surface area contributed by atoms with Crippen molar-refractivity contribution >= 4 is 11.7 Å². The summed E-state index contributed by atoms with van der Waals surface area (Å²) in [5.41, 5.74) is -0.521. The minimum Gasteiger partial charge on any atom is -0.480 e. The zero-order chi connectivity index (χ0) is 24.5. The number of carboxylic acid groups (broad SMARTS) is 1. The van der Waals surface area contributed by atoms with Crippen molar-refractivity contribution in [3.8, 4) is 0 Å². The number of fused-ring (bicyclic) bond motifs is 2. The van der Waals surface area contributed by atoms with Gasteiger partial charge in [0.1, 0.15) is 11.7 Å². The molecule has 33 heavy (non-hydrogen) atoms. The smallest absolute Gasteiger partial charge is 0.331 e. The summed E-state index contributed by atoms with van der Waals surface area (Å²) in [4.78, 5) is 16.2. The van der Waals surface area contributed by atoms with Crippen LogP contribution in [0.25, 0.3) is 0 Å². The summed E-state index contributed by atoms with van der Waals surface area (Å²) in [5, 5.41) is 31.2. The molecule has 0 spiro atoms. The van der Waals surface area contributed by atoms with Crippen LogP contribution in [0.1, 0.15) is 118 Å². The van der Waals surface area contributed by atoms with E-state index >= 15 is 0 Å². The Morgan fingerprint density at radius 1 is 1.03 bits per heavy atom. The van der Waals surface area contributed by atoms with Crippen molar-refractivity contribution in [2.45, 2.75) is 135 Å². The predicted octanol–water partition coefficient (Wildman–Crippen LogP) is 6.32. The summed E-state index contributed by atoms with van der Waals surface area (Å²) >= 11 is 0. The second kappa shape index (κ2) is 13.0. The standard InChI is InChI=1S/C28H49NO4/c1-5-6-7-8-9-10-11-12-13-14-15-16-17-18-22(30)25(26(31)32)29-24-20-21-19-23(27(21,2)3)28(24,4)33/h17-18,21-23,25,30,33H,5-16,19-20H2,1-4H3,(H,31,32)/t21-,22?,23+,25?,28-/m1/s1. The van der Waals surface area contributed by atoms with Crippen molar-refractivity contribution in [3.63, 3.8) is 0 Å². The first-order valence-corrected chi connectivity index (χ1v) is 13.5. The number of unbranched alkanes of at least 4 members (excludes halogenated alkanes) is 11. The molecule has 0 aromatic rings. The summed E-state index contributed by atoms with van der Waals surface area (Å²) in [7, 11) is 0. The zero-order valence-electron chi connectivity index (χ0n) is 21.6. The number of carbonyl (C=O) groups is 1. The summed E-state index contributed by atoms with van der Waals surface area (Å²) < 4.78 is 0. The van der Waals surface area contributed by atoms with Crippen LogP contribution in [0, 0.1) is 17.3 Å². The maximum absolute atomic E-state index is 11.8. The third-order valence-electron chi connectivity index (χ3n) is 8.35. The van der Waals surface area contributed by atoms with Crippen molar-refractivity contribution in [2.75, 3.05) is 0 Å². The van der Waals surface area contributed by atoms with E-state index in [1.807, 2.05) is 6.08 Å². The van der Waals surface area contributed by atoms with Crippen LogP contribution >= 0.6 is 0 Å². The third kappa shape index (κ3) is 7.65. The molecule has 3 aliphatic rings. The lowest BCUT2D eigenvalue weighted by Gasteiger charge is -2.62. The Bertz CT molecular complexity index is 667. The molecule has 2 unspecified atom stereocenters. The summed E-state index contributed by atoms with van der Waals surface area (Å²) in [6, 6.07) is -1.26. The molecule has 2 bridgehead atoms. The highest BCUT2D eigenvalue weighted by atomic mass is 16.4. The summed E-state index contributed by atoms with van der Waals surface area (Å²) in [5.74, 6) is -0.640. The maximum atomic E-state index is 11.8. The molecular weight excluding hydrogens is 414 g/mol. The molecule has 0 heterocycles. The lowest BCUT2D eigenvalue weighted by Crippen LogP contribution is -2.65. The van der Waals surface area contributed by atoms with Crippen LogP contribution in [0.15, 0.2) is 17.1 Å². The molecule has 190 valence electrons. The SMILES string of the molecule is CCCCCCCCCCCCCC=CC(O)C(N=C1C[C@H]2C[C@@H](C2(C)C)[C@@]1(C)O)C(=O)O. The fraction of sp³-hybridized carbons (Fsp3) is 0.857. The molecule has 3 saturated carbocycles. The number of aliphatic hydroxyl groups is 2. The molecule has 3 N–H and O–H groups in total. The number of aliphatic hydroxyl groups excluding tert-OH is 1. The molecule has 0 aliphatic heterocycles. The van der Waals surface area contributed by atoms with E-state index in [9.17, 15) is 20.1 Å². The van der Waals surface area contributed by atoms with Crippen molar-refractivity contribution in [1.29, 1.82) is 0 Å². The van der Waals surface area contributed by atoms with E-state index in [1.165, 1.54) is 64.2 Å². The van der Waals surface area contributed by atoms with E-state index in [1.54, 1.807) is 13.0 Å². The second-order valence-corrected chi connectivity index (χ2v) is 11.3. The van der Waals surface area contributed by atoms with Gasteiger partial charge in [-0.2, -0.15) is 0 Å². The molecule has 0 saturated heterocycles. The summed E-state index contributed by atoms with van der Waals surface area (Å²) in [6.45, 7) is 8.33. The van der Waals surface area contributed by atoms with E-state index in [0.717, 1.165) is 19.3 Å². The first kappa shape index (κ1) is 28.0. The van der Waals surface area contributed by atoms with Gasteiger partial charge in [-0.25, -0.2) is 4.79 Å². The number of hydrogen-bond acceptors (Lipinski definition) is 4. The number of rotatable bonds is 16. The molecular formula is C28H49NO4. The van der Waals surface area contributed by atoms with Crippen molar-refractivity contribution < 1.29 is 20.1 Å². The minimum atomic E-state index is -1.26. The molecule has 3 rings (SSSR count). The quantitative estimate of drug-likeness (QED) is 0.185. The monoisotopic (exact) mass is 463 g/mol. The van der Waals surface area contributed by atoms with Crippen LogP contribution in [0.5, 0.6) is 0 Å². The Morgan fingerprint density at radius 2 is 1.58 bits per heavy atom. The molecule has 3 aliphatic carbocycles. The fourth-order valence-corrected chi connectivity index (χ4v) is 5.85. The molecule has 0 radical (unpaired) electrons. The number of aliphatic imine (C=N–C) groups is 1. The van der Waals surface area contributed by atoms with E-state index in [2.05, 4.69) is 25.8 Å². The van der Waals surface area contributed by atoms with Crippen LogP contribution in [-0.4, -0.2) is 44.7 Å². The summed E-state index contributed by atoms with van der Waals surface area (Å²) in [6.07, 6.45) is 18.9. The van der Waals surface area contributed by atoms with Crippen LogP contribution < -0.4 is 0 Å². The molecule has 5 nitrogen and oxygen atoms in total. The van der Waals surface area contributed by atoms with Gasteiger partial charge in [0, 0.05) is 5.71 Å². The largest absolute Gasteiger partial charge is 0.480 e. The highest BCUT2D eigenvalue weighted by Gasteiger charge is 2.61. The predicted molar refractivity (Wildman–Crippen MR) is 136 cm³/mol. The lowest BCUT2D eigenvalue weighted by molar-refractivity contribution is -0.141. The van der Waals surface area contributed by atoms with Crippen LogP contribution in [0.2, 0.25) is 0 Å². The molecule has 0 amide bonds. The van der Waals surface area contributed by atoms with Gasteiger partial charge in [0.15, 0.2) is 6.04 Å².